The minimum Gasteiger partial charge on any atom is -0.493 e. The number of rotatable bonds is 5. The van der Waals surface area contributed by atoms with Gasteiger partial charge in [0, 0.05) is 12.5 Å². The number of benzene rings is 1. The quantitative estimate of drug-likeness (QED) is 0.859. The minimum absolute atomic E-state index is 0.756. The maximum absolute atomic E-state index is 5.84. The van der Waals surface area contributed by atoms with Crippen LogP contribution in [0.25, 0.3) is 0 Å². The highest BCUT2D eigenvalue weighted by molar-refractivity contribution is 5.44. The smallest absolute Gasteiger partial charge is 0.123 e. The average molecular weight is 245 g/mol. The summed E-state index contributed by atoms with van der Waals surface area (Å²) in [6, 6.07) is 6.76. The van der Waals surface area contributed by atoms with Crippen LogP contribution in [0, 0.1) is 11.8 Å². The maximum Gasteiger partial charge on any atom is 0.123 e. The molecule has 0 radical (unpaired) electrons. The number of fused-ring (bicyclic) bond motifs is 3. The summed E-state index contributed by atoms with van der Waals surface area (Å²) < 4.78 is 5.84. The first-order valence-electron chi connectivity index (χ1n) is 7.24. The number of hydrogen-bond donors (Lipinski definition) is 1. The third kappa shape index (κ3) is 2.39. The molecule has 1 aromatic carbocycles. The van der Waals surface area contributed by atoms with Crippen LogP contribution in [-0.4, -0.2) is 13.2 Å². The monoisotopic (exact) mass is 245 g/mol. The topological polar surface area (TPSA) is 21.3 Å². The Kier molecular flexibility index (Phi) is 3.29. The van der Waals surface area contributed by atoms with Gasteiger partial charge in [0.25, 0.3) is 0 Å². The fourth-order valence-electron chi connectivity index (χ4n) is 2.74. The summed E-state index contributed by atoms with van der Waals surface area (Å²) in [5.41, 5.74) is 2.79. The van der Waals surface area contributed by atoms with Crippen LogP contribution in [0.15, 0.2) is 18.2 Å². The van der Waals surface area contributed by atoms with Gasteiger partial charge in [0.15, 0.2) is 0 Å². The van der Waals surface area contributed by atoms with Crippen LogP contribution < -0.4 is 10.1 Å². The van der Waals surface area contributed by atoms with Gasteiger partial charge in [-0.3, -0.25) is 0 Å². The van der Waals surface area contributed by atoms with Crippen molar-refractivity contribution in [3.8, 4) is 5.75 Å². The van der Waals surface area contributed by atoms with E-state index in [-0.39, 0.29) is 0 Å². The molecule has 98 valence electrons. The molecule has 3 atom stereocenters. The van der Waals surface area contributed by atoms with Crippen LogP contribution >= 0.6 is 0 Å². The van der Waals surface area contributed by atoms with Gasteiger partial charge < -0.3 is 10.1 Å². The summed E-state index contributed by atoms with van der Waals surface area (Å²) in [6.45, 7) is 7.51. The molecule has 1 fully saturated rings. The van der Waals surface area contributed by atoms with Crippen LogP contribution in [0.2, 0.25) is 0 Å². The molecule has 1 aromatic rings. The van der Waals surface area contributed by atoms with Gasteiger partial charge in [0.1, 0.15) is 5.75 Å². The predicted octanol–water partition coefficient (Wildman–Crippen LogP) is 3.32. The molecule has 18 heavy (non-hydrogen) atoms. The van der Waals surface area contributed by atoms with Gasteiger partial charge in [-0.15, -0.1) is 0 Å². The van der Waals surface area contributed by atoms with E-state index in [0.717, 1.165) is 43.2 Å². The van der Waals surface area contributed by atoms with Crippen molar-refractivity contribution in [1.82, 2.24) is 5.32 Å². The van der Waals surface area contributed by atoms with Gasteiger partial charge in [-0.2, -0.15) is 0 Å². The fourth-order valence-corrected chi connectivity index (χ4v) is 2.74. The molecule has 1 aliphatic heterocycles. The van der Waals surface area contributed by atoms with Crippen molar-refractivity contribution in [1.29, 1.82) is 0 Å². The molecule has 1 heterocycles. The lowest BCUT2D eigenvalue weighted by Crippen LogP contribution is -2.20. The Balaban J connectivity index is 1.60. The summed E-state index contributed by atoms with van der Waals surface area (Å²) >= 11 is 0. The summed E-state index contributed by atoms with van der Waals surface area (Å²) in [5, 5.41) is 3.53. The van der Waals surface area contributed by atoms with Gasteiger partial charge in [-0.25, -0.2) is 0 Å². The van der Waals surface area contributed by atoms with Crippen LogP contribution in [0.4, 0.5) is 0 Å². The Morgan fingerprint density at radius 3 is 3.17 bits per heavy atom. The molecule has 3 rings (SSSR count). The molecule has 2 heteroatoms. The number of nitrogens with one attached hydrogen (secondary N) is 1. The van der Waals surface area contributed by atoms with Crippen molar-refractivity contribution < 1.29 is 4.74 Å². The third-order valence-corrected chi connectivity index (χ3v) is 4.37. The Morgan fingerprint density at radius 1 is 1.44 bits per heavy atom. The van der Waals surface area contributed by atoms with Crippen molar-refractivity contribution in [2.24, 2.45) is 11.8 Å². The fraction of sp³-hybridized carbons (Fsp3) is 0.625. The lowest BCUT2D eigenvalue weighted by atomic mass is 10.0. The maximum atomic E-state index is 5.84. The molecular formula is C16H23NO. The van der Waals surface area contributed by atoms with Gasteiger partial charge in [-0.05, 0) is 42.0 Å². The van der Waals surface area contributed by atoms with Crippen molar-refractivity contribution in [3.63, 3.8) is 0 Å². The molecule has 1 N–H and O–H groups in total. The SMILES string of the molecule is CC[C@H](C)CNCc1ccc2c(c1)OC[C@@H]1C[C@@H]21. The lowest BCUT2D eigenvalue weighted by Gasteiger charge is -2.18. The first kappa shape index (κ1) is 12.0. The first-order chi connectivity index (χ1) is 8.78. The second-order valence-corrected chi connectivity index (χ2v) is 5.93. The molecular weight excluding hydrogens is 222 g/mol. The van der Waals surface area contributed by atoms with Crippen molar-refractivity contribution in [2.75, 3.05) is 13.2 Å². The molecule has 2 nitrogen and oxygen atoms in total. The second kappa shape index (κ2) is 4.93. The highest BCUT2D eigenvalue weighted by Crippen LogP contribution is 2.53. The lowest BCUT2D eigenvalue weighted by molar-refractivity contribution is 0.279. The zero-order valence-corrected chi connectivity index (χ0v) is 11.4. The summed E-state index contributed by atoms with van der Waals surface area (Å²) in [5.74, 6) is 3.51. The van der Waals surface area contributed by atoms with Gasteiger partial charge in [-0.1, -0.05) is 32.4 Å². The van der Waals surface area contributed by atoms with Crippen molar-refractivity contribution in [2.45, 2.75) is 39.2 Å². The highest BCUT2D eigenvalue weighted by Gasteiger charge is 2.43. The molecule has 0 unspecified atom stereocenters. The van der Waals surface area contributed by atoms with Gasteiger partial charge in [0.05, 0.1) is 6.61 Å². The van der Waals surface area contributed by atoms with Gasteiger partial charge >= 0.3 is 0 Å². The van der Waals surface area contributed by atoms with Crippen molar-refractivity contribution in [3.05, 3.63) is 29.3 Å². The van der Waals surface area contributed by atoms with Crippen LogP contribution in [0.1, 0.15) is 43.7 Å². The number of ether oxygens (including phenoxy) is 1. The van der Waals surface area contributed by atoms with E-state index >= 15 is 0 Å². The van der Waals surface area contributed by atoms with E-state index in [4.69, 9.17) is 4.74 Å². The van der Waals surface area contributed by atoms with Crippen molar-refractivity contribution >= 4 is 0 Å². The van der Waals surface area contributed by atoms with E-state index in [9.17, 15) is 0 Å². The zero-order chi connectivity index (χ0) is 12.5. The Morgan fingerprint density at radius 2 is 2.33 bits per heavy atom. The van der Waals surface area contributed by atoms with E-state index in [1.165, 1.54) is 24.0 Å². The van der Waals surface area contributed by atoms with E-state index < -0.39 is 0 Å². The first-order valence-corrected chi connectivity index (χ1v) is 7.24. The Bertz CT molecular complexity index is 429. The van der Waals surface area contributed by atoms with Crippen LogP contribution in [0.3, 0.4) is 0 Å². The van der Waals surface area contributed by atoms with E-state index in [1.54, 1.807) is 0 Å². The average Bonchev–Trinajstić information content (AvgIpc) is 3.17. The predicted molar refractivity (Wildman–Crippen MR) is 73.9 cm³/mol. The van der Waals surface area contributed by atoms with E-state index in [2.05, 4.69) is 37.4 Å². The molecule has 0 aromatic heterocycles. The third-order valence-electron chi connectivity index (χ3n) is 4.37. The standard InChI is InChI=1S/C16H23NO/c1-3-11(2)8-17-9-12-4-5-14-15-7-13(15)10-18-16(14)6-12/h4-6,11,13,15,17H,3,7-10H2,1-2H3/t11-,13-,15+/m0/s1. The zero-order valence-electron chi connectivity index (χ0n) is 11.4. The molecule has 2 aliphatic rings. The largest absolute Gasteiger partial charge is 0.493 e. The normalized spacial score (nSPS) is 25.9. The van der Waals surface area contributed by atoms with Crippen LogP contribution in [0.5, 0.6) is 5.75 Å². The minimum atomic E-state index is 0.756. The highest BCUT2D eigenvalue weighted by atomic mass is 16.5. The summed E-state index contributed by atoms with van der Waals surface area (Å²) in [6.07, 6.45) is 2.57. The molecule has 0 spiro atoms. The summed E-state index contributed by atoms with van der Waals surface area (Å²) in [7, 11) is 0. The summed E-state index contributed by atoms with van der Waals surface area (Å²) in [4.78, 5) is 0. The molecule has 0 bridgehead atoms. The molecule has 1 aliphatic carbocycles. The van der Waals surface area contributed by atoms with Crippen LogP contribution in [-0.2, 0) is 6.54 Å². The molecule has 0 amide bonds. The number of hydrogen-bond acceptors (Lipinski definition) is 2. The Labute approximate surface area is 110 Å². The molecule has 0 saturated heterocycles. The van der Waals surface area contributed by atoms with Gasteiger partial charge in [0.2, 0.25) is 0 Å². The molecule has 1 saturated carbocycles. The Hall–Kier alpha value is -1.02. The van der Waals surface area contributed by atoms with E-state index in [0.29, 0.717) is 0 Å². The second-order valence-electron chi connectivity index (χ2n) is 5.93. The van der Waals surface area contributed by atoms with E-state index in [1.807, 2.05) is 0 Å².